The Kier molecular flexibility index (Phi) is 5.02. The molecule has 0 fully saturated rings. The number of hydrogen-bond donors (Lipinski definition) is 0. The smallest absolute Gasteiger partial charge is 0.0426 e. The molecule has 1 heterocycles. The molecule has 0 N–H and O–H groups in total. The second-order valence-corrected chi connectivity index (χ2v) is 9.61. The van der Waals surface area contributed by atoms with Gasteiger partial charge in [0.2, 0.25) is 0 Å². The molecule has 0 nitrogen and oxygen atoms in total. The molecule has 0 spiro atoms. The Morgan fingerprint density at radius 2 is 1.15 bits per heavy atom. The van der Waals surface area contributed by atoms with E-state index < -0.39 is 7.92 Å². The zero-order valence-electron chi connectivity index (χ0n) is 15.0. The summed E-state index contributed by atoms with van der Waals surface area (Å²) in [4.78, 5) is 1.39. The molecule has 0 bridgehead atoms. The van der Waals surface area contributed by atoms with Gasteiger partial charge in [-0.25, -0.2) is 0 Å². The standard InChI is InChI=1S/C24H21PS/c1-18-8-12-21(13-9-18)25(22-14-10-19(2)11-15-22)23-16-17-26-24(23)20-6-4-3-5-7-20/h3-17H,1-2H3. The Labute approximate surface area is 160 Å². The highest BCUT2D eigenvalue weighted by Gasteiger charge is 2.21. The molecule has 0 aliphatic carbocycles. The molecule has 0 atom stereocenters. The molecule has 3 aromatic carbocycles. The van der Waals surface area contributed by atoms with Crippen molar-refractivity contribution in [2.75, 3.05) is 0 Å². The Morgan fingerprint density at radius 3 is 1.69 bits per heavy atom. The summed E-state index contributed by atoms with van der Waals surface area (Å²) in [5, 5.41) is 6.49. The molecule has 0 amide bonds. The van der Waals surface area contributed by atoms with Gasteiger partial charge in [-0.15, -0.1) is 11.3 Å². The van der Waals surface area contributed by atoms with E-state index in [4.69, 9.17) is 0 Å². The van der Waals surface area contributed by atoms with Crippen LogP contribution in [-0.4, -0.2) is 0 Å². The Balaban J connectivity index is 1.88. The van der Waals surface area contributed by atoms with Crippen LogP contribution in [0.1, 0.15) is 11.1 Å². The molecule has 0 saturated heterocycles. The third kappa shape index (κ3) is 3.51. The molecular formula is C24H21PS. The lowest BCUT2D eigenvalue weighted by Gasteiger charge is -2.20. The van der Waals surface area contributed by atoms with Crippen molar-refractivity contribution in [3.63, 3.8) is 0 Å². The van der Waals surface area contributed by atoms with Gasteiger partial charge in [-0.3, -0.25) is 0 Å². The van der Waals surface area contributed by atoms with Crippen molar-refractivity contribution in [2.45, 2.75) is 13.8 Å². The van der Waals surface area contributed by atoms with Gasteiger partial charge in [0.15, 0.2) is 0 Å². The molecule has 0 aliphatic heterocycles. The van der Waals surface area contributed by atoms with E-state index in [2.05, 4.69) is 104 Å². The summed E-state index contributed by atoms with van der Waals surface area (Å²) < 4.78 is 0. The third-order valence-electron chi connectivity index (χ3n) is 4.51. The van der Waals surface area contributed by atoms with E-state index in [9.17, 15) is 0 Å². The van der Waals surface area contributed by atoms with E-state index in [0.717, 1.165) is 0 Å². The minimum absolute atomic E-state index is 0.568. The van der Waals surface area contributed by atoms with E-state index in [1.807, 2.05) is 11.3 Å². The molecule has 0 saturated carbocycles. The maximum atomic E-state index is 2.32. The van der Waals surface area contributed by atoms with Gasteiger partial charge < -0.3 is 0 Å². The monoisotopic (exact) mass is 372 g/mol. The normalized spacial score (nSPS) is 11.0. The van der Waals surface area contributed by atoms with E-state index in [0.29, 0.717) is 0 Å². The summed E-state index contributed by atoms with van der Waals surface area (Å²) >= 11 is 1.84. The van der Waals surface area contributed by atoms with Crippen molar-refractivity contribution in [2.24, 2.45) is 0 Å². The number of rotatable bonds is 4. The first kappa shape index (κ1) is 17.2. The molecule has 0 aliphatic rings. The predicted molar refractivity (Wildman–Crippen MR) is 118 cm³/mol. The highest BCUT2D eigenvalue weighted by atomic mass is 32.1. The molecule has 128 valence electrons. The zero-order valence-corrected chi connectivity index (χ0v) is 16.7. The number of benzene rings is 3. The van der Waals surface area contributed by atoms with Gasteiger partial charge in [-0.2, -0.15) is 0 Å². The van der Waals surface area contributed by atoms with Crippen LogP contribution in [0.5, 0.6) is 0 Å². The lowest BCUT2D eigenvalue weighted by Crippen LogP contribution is -2.20. The van der Waals surface area contributed by atoms with E-state index >= 15 is 0 Å². The predicted octanol–water partition coefficient (Wildman–Crippen LogP) is 5.79. The summed E-state index contributed by atoms with van der Waals surface area (Å²) in [7, 11) is -0.568. The summed E-state index contributed by atoms with van der Waals surface area (Å²) in [5.41, 5.74) is 3.92. The average molecular weight is 372 g/mol. The lowest BCUT2D eigenvalue weighted by atomic mass is 10.2. The van der Waals surface area contributed by atoms with Crippen LogP contribution in [-0.2, 0) is 0 Å². The van der Waals surface area contributed by atoms with Crippen LogP contribution < -0.4 is 15.9 Å². The Bertz CT molecular complexity index is 937. The van der Waals surface area contributed by atoms with Crippen LogP contribution in [0.15, 0.2) is 90.3 Å². The average Bonchev–Trinajstić information content (AvgIpc) is 3.15. The SMILES string of the molecule is Cc1ccc(P(c2ccc(C)cc2)c2ccsc2-c2ccccc2)cc1. The lowest BCUT2D eigenvalue weighted by molar-refractivity contribution is 1.49. The van der Waals surface area contributed by atoms with E-state index in [-0.39, 0.29) is 0 Å². The van der Waals surface area contributed by atoms with Crippen LogP contribution in [0, 0.1) is 13.8 Å². The van der Waals surface area contributed by atoms with Crippen molar-refractivity contribution < 1.29 is 0 Å². The summed E-state index contributed by atoms with van der Waals surface area (Å²) in [6.45, 7) is 4.30. The van der Waals surface area contributed by atoms with Gasteiger partial charge in [0.1, 0.15) is 0 Å². The first-order chi connectivity index (χ1) is 12.7. The van der Waals surface area contributed by atoms with Crippen molar-refractivity contribution in [3.8, 4) is 10.4 Å². The van der Waals surface area contributed by atoms with Gasteiger partial charge in [-0.05, 0) is 49.4 Å². The maximum Gasteiger partial charge on any atom is 0.0426 e. The molecule has 2 heteroatoms. The molecular weight excluding hydrogens is 351 g/mol. The highest BCUT2D eigenvalue weighted by Crippen LogP contribution is 2.39. The number of hydrogen-bond acceptors (Lipinski definition) is 1. The first-order valence-electron chi connectivity index (χ1n) is 8.79. The zero-order chi connectivity index (χ0) is 17.9. The molecule has 0 unspecified atom stereocenters. The Morgan fingerprint density at radius 1 is 0.615 bits per heavy atom. The fourth-order valence-corrected chi connectivity index (χ4v) is 6.74. The van der Waals surface area contributed by atoms with Gasteiger partial charge >= 0.3 is 0 Å². The maximum absolute atomic E-state index is 2.32. The van der Waals surface area contributed by atoms with Crippen molar-refractivity contribution in [3.05, 3.63) is 101 Å². The quantitative estimate of drug-likeness (QED) is 0.398. The molecule has 0 radical (unpaired) electrons. The fraction of sp³-hybridized carbons (Fsp3) is 0.0833. The van der Waals surface area contributed by atoms with E-state index in [1.54, 1.807) is 0 Å². The van der Waals surface area contributed by atoms with Gasteiger partial charge in [0, 0.05) is 10.2 Å². The van der Waals surface area contributed by atoms with Gasteiger partial charge in [0.25, 0.3) is 0 Å². The van der Waals surface area contributed by atoms with Crippen LogP contribution in [0.25, 0.3) is 10.4 Å². The summed E-state index contributed by atoms with van der Waals surface area (Å²) in [6, 6.07) is 31.2. The minimum Gasteiger partial charge on any atom is -0.143 e. The number of aryl methyl sites for hydroxylation is 2. The van der Waals surface area contributed by atoms with Gasteiger partial charge in [-0.1, -0.05) is 90.0 Å². The molecule has 4 rings (SSSR count). The van der Waals surface area contributed by atoms with Crippen molar-refractivity contribution in [1.82, 2.24) is 0 Å². The largest absolute Gasteiger partial charge is 0.143 e. The van der Waals surface area contributed by atoms with Crippen molar-refractivity contribution >= 4 is 35.2 Å². The minimum atomic E-state index is -0.568. The highest BCUT2D eigenvalue weighted by molar-refractivity contribution is 7.80. The Hall–Kier alpha value is -2.21. The van der Waals surface area contributed by atoms with Gasteiger partial charge in [0.05, 0.1) is 0 Å². The summed E-state index contributed by atoms with van der Waals surface area (Å²) in [6.07, 6.45) is 0. The summed E-state index contributed by atoms with van der Waals surface area (Å²) in [5.74, 6) is 0. The van der Waals surface area contributed by atoms with Crippen LogP contribution in [0.3, 0.4) is 0 Å². The topological polar surface area (TPSA) is 0 Å². The molecule has 1 aromatic heterocycles. The number of thiophene rings is 1. The second-order valence-electron chi connectivity index (χ2n) is 6.51. The molecule has 26 heavy (non-hydrogen) atoms. The second kappa shape index (κ2) is 7.58. The van der Waals surface area contributed by atoms with Crippen LogP contribution >= 0.6 is 19.3 Å². The van der Waals surface area contributed by atoms with E-state index in [1.165, 1.54) is 37.5 Å². The fourth-order valence-electron chi connectivity index (χ4n) is 3.10. The molecule has 4 aromatic rings. The third-order valence-corrected chi connectivity index (χ3v) is 8.10. The van der Waals surface area contributed by atoms with Crippen molar-refractivity contribution in [1.29, 1.82) is 0 Å². The van der Waals surface area contributed by atoms with Crippen LogP contribution in [0.4, 0.5) is 0 Å². The van der Waals surface area contributed by atoms with Crippen LogP contribution in [0.2, 0.25) is 0 Å². The first-order valence-corrected chi connectivity index (χ1v) is 11.0.